The van der Waals surface area contributed by atoms with Crippen LogP contribution < -0.4 is 10.6 Å². The molecular weight excluding hydrogens is 348 g/mol. The van der Waals surface area contributed by atoms with Crippen LogP contribution in [0, 0.1) is 12.3 Å². The van der Waals surface area contributed by atoms with E-state index in [0.717, 1.165) is 19.5 Å². The zero-order valence-electron chi connectivity index (χ0n) is 15.1. The van der Waals surface area contributed by atoms with Gasteiger partial charge in [-0.2, -0.15) is 0 Å². The lowest BCUT2D eigenvalue weighted by atomic mass is 10.0. The van der Waals surface area contributed by atoms with Crippen LogP contribution in [0.25, 0.3) is 0 Å². The molecule has 1 aromatic heterocycles. The Hall–Kier alpha value is -1.88. The number of hydrogen-bond donors (Lipinski definition) is 2. The van der Waals surface area contributed by atoms with Gasteiger partial charge in [-0.25, -0.2) is 0 Å². The van der Waals surface area contributed by atoms with Crippen molar-refractivity contribution >= 4 is 23.2 Å². The van der Waals surface area contributed by atoms with E-state index in [9.17, 15) is 9.59 Å². The van der Waals surface area contributed by atoms with E-state index in [-0.39, 0.29) is 36.5 Å². The van der Waals surface area contributed by atoms with Crippen molar-refractivity contribution in [3.63, 3.8) is 0 Å². The number of carbonyl (C=O) groups is 2. The van der Waals surface area contributed by atoms with Gasteiger partial charge in [0.25, 0.3) is 0 Å². The van der Waals surface area contributed by atoms with Gasteiger partial charge >= 0.3 is 0 Å². The third kappa shape index (κ3) is 4.26. The second-order valence-corrected chi connectivity index (χ2v) is 7.97. The van der Waals surface area contributed by atoms with E-state index in [1.54, 1.807) is 11.3 Å². The van der Waals surface area contributed by atoms with Gasteiger partial charge in [0, 0.05) is 43.0 Å². The number of carbonyl (C=O) groups excluding carboxylic acids is 2. The van der Waals surface area contributed by atoms with Gasteiger partial charge < -0.3 is 10.6 Å². The summed E-state index contributed by atoms with van der Waals surface area (Å²) in [5, 5.41) is 7.86. The quantitative estimate of drug-likeness (QED) is 0.718. The van der Waals surface area contributed by atoms with Crippen LogP contribution >= 0.6 is 11.3 Å². The van der Waals surface area contributed by atoms with Gasteiger partial charge in [-0.1, -0.05) is 12.0 Å². The number of hydrogen-bond acceptors (Lipinski definition) is 5. The molecule has 1 aromatic rings. The fourth-order valence-corrected chi connectivity index (χ4v) is 4.69. The molecule has 2 fully saturated rings. The van der Waals surface area contributed by atoms with E-state index in [2.05, 4.69) is 44.8 Å². The topological polar surface area (TPSA) is 64.7 Å². The fourth-order valence-electron chi connectivity index (χ4n) is 3.96. The molecule has 7 heteroatoms. The predicted octanol–water partition coefficient (Wildman–Crippen LogP) is 0.651. The van der Waals surface area contributed by atoms with Gasteiger partial charge in [0.1, 0.15) is 6.04 Å². The van der Waals surface area contributed by atoms with E-state index < -0.39 is 0 Å². The van der Waals surface area contributed by atoms with Gasteiger partial charge in [0.05, 0.1) is 6.54 Å². The van der Waals surface area contributed by atoms with Gasteiger partial charge in [-0.15, -0.1) is 17.8 Å². The van der Waals surface area contributed by atoms with E-state index in [1.807, 2.05) is 6.07 Å². The minimum Gasteiger partial charge on any atom is -0.353 e. The van der Waals surface area contributed by atoms with Crippen molar-refractivity contribution in [3.05, 3.63) is 22.4 Å². The van der Waals surface area contributed by atoms with Crippen molar-refractivity contribution < 1.29 is 9.59 Å². The van der Waals surface area contributed by atoms with E-state index >= 15 is 0 Å². The molecule has 0 aromatic carbocycles. The van der Waals surface area contributed by atoms with Crippen molar-refractivity contribution in [1.82, 2.24) is 20.4 Å². The monoisotopic (exact) mass is 374 g/mol. The number of nitrogens with one attached hydrogen (secondary N) is 2. The number of likely N-dealkylation sites (tertiary alicyclic amines) is 1. The second kappa shape index (κ2) is 8.67. The number of rotatable bonds is 6. The lowest BCUT2D eigenvalue weighted by Gasteiger charge is -2.33. The number of likely N-dealkylation sites (N-methyl/N-ethyl adjacent to an activating group) is 1. The molecule has 0 spiro atoms. The molecule has 26 heavy (non-hydrogen) atoms. The molecule has 6 nitrogen and oxygen atoms in total. The van der Waals surface area contributed by atoms with Gasteiger partial charge in [0.2, 0.25) is 11.8 Å². The summed E-state index contributed by atoms with van der Waals surface area (Å²) in [4.78, 5) is 30.4. The molecule has 140 valence electrons. The lowest BCUT2D eigenvalue weighted by molar-refractivity contribution is -0.126. The van der Waals surface area contributed by atoms with Crippen molar-refractivity contribution in [2.24, 2.45) is 0 Å². The molecule has 3 unspecified atom stereocenters. The Labute approximate surface area is 158 Å². The average molecular weight is 375 g/mol. The van der Waals surface area contributed by atoms with Crippen LogP contribution in [0.1, 0.15) is 24.1 Å². The van der Waals surface area contributed by atoms with Crippen molar-refractivity contribution in [2.45, 2.75) is 43.9 Å². The Bertz CT molecular complexity index is 670. The molecule has 2 N–H and O–H groups in total. The van der Waals surface area contributed by atoms with Crippen LogP contribution in [0.5, 0.6) is 0 Å². The van der Waals surface area contributed by atoms with Crippen molar-refractivity contribution in [2.75, 3.05) is 26.7 Å². The first-order chi connectivity index (χ1) is 12.6. The summed E-state index contributed by atoms with van der Waals surface area (Å²) in [5.41, 5.74) is 0. The van der Waals surface area contributed by atoms with Crippen molar-refractivity contribution in [3.8, 4) is 12.3 Å². The molecule has 2 aliphatic rings. The largest absolute Gasteiger partial charge is 0.353 e. The Kier molecular flexibility index (Phi) is 6.30. The number of nitrogens with zero attached hydrogens (tertiary/aromatic N) is 2. The molecule has 3 heterocycles. The first-order valence-electron chi connectivity index (χ1n) is 9.06. The predicted molar refractivity (Wildman–Crippen MR) is 103 cm³/mol. The first kappa shape index (κ1) is 18.9. The van der Waals surface area contributed by atoms with Crippen LogP contribution in [0.2, 0.25) is 0 Å². The highest BCUT2D eigenvalue weighted by Crippen LogP contribution is 2.29. The number of thiophene rings is 1. The first-order valence-corrected chi connectivity index (χ1v) is 9.94. The minimum atomic E-state index is -0.123. The smallest absolute Gasteiger partial charge is 0.239 e. The van der Waals surface area contributed by atoms with Gasteiger partial charge in [-0.05, 0) is 31.3 Å². The molecule has 3 rings (SSSR count). The van der Waals surface area contributed by atoms with E-state index in [4.69, 9.17) is 6.42 Å². The molecule has 0 aliphatic carbocycles. The van der Waals surface area contributed by atoms with Crippen LogP contribution in [-0.4, -0.2) is 66.4 Å². The summed E-state index contributed by atoms with van der Waals surface area (Å²) in [6.45, 7) is 2.58. The highest BCUT2D eigenvalue weighted by atomic mass is 32.1. The van der Waals surface area contributed by atoms with Crippen molar-refractivity contribution in [1.29, 1.82) is 0 Å². The highest BCUT2D eigenvalue weighted by Gasteiger charge is 2.44. The van der Waals surface area contributed by atoms with Gasteiger partial charge in [-0.3, -0.25) is 19.4 Å². The normalized spacial score (nSPS) is 26.6. The summed E-state index contributed by atoms with van der Waals surface area (Å²) < 4.78 is 0. The molecule has 2 amide bonds. The Morgan fingerprint density at radius 1 is 1.54 bits per heavy atom. The standard InChI is InChI=1S/C19H26N4O2S/c1-3-9-20-17(24)7-6-14-12-21-19(25)18-16(22(14)2)8-10-23(18)13-15-5-4-11-26-15/h1,4-5,11,14,16,18H,6-10,12-13H2,2H3,(H,20,24)(H,21,25). The molecule has 2 saturated heterocycles. The zero-order chi connectivity index (χ0) is 18.5. The SMILES string of the molecule is C#CCNC(=O)CCC1CNC(=O)C2C(CCN2Cc2cccs2)N1C. The third-order valence-corrected chi connectivity index (χ3v) is 6.24. The summed E-state index contributed by atoms with van der Waals surface area (Å²) in [7, 11) is 2.08. The molecule has 0 radical (unpaired) electrons. The van der Waals surface area contributed by atoms with E-state index in [0.29, 0.717) is 19.4 Å². The average Bonchev–Trinajstić information content (AvgIpc) is 3.27. The summed E-state index contributed by atoms with van der Waals surface area (Å²) in [6.07, 6.45) is 7.27. The molecular formula is C19H26N4O2S. The summed E-state index contributed by atoms with van der Waals surface area (Å²) in [5.74, 6) is 2.48. The summed E-state index contributed by atoms with van der Waals surface area (Å²) in [6, 6.07) is 4.40. The Balaban J connectivity index is 1.62. The molecule has 2 aliphatic heterocycles. The van der Waals surface area contributed by atoms with Gasteiger partial charge in [0.15, 0.2) is 0 Å². The Morgan fingerprint density at radius 3 is 3.12 bits per heavy atom. The maximum Gasteiger partial charge on any atom is 0.239 e. The maximum atomic E-state index is 12.7. The number of fused-ring (bicyclic) bond motifs is 1. The maximum absolute atomic E-state index is 12.7. The highest BCUT2D eigenvalue weighted by molar-refractivity contribution is 7.09. The summed E-state index contributed by atoms with van der Waals surface area (Å²) >= 11 is 1.73. The number of amides is 2. The molecule has 3 atom stereocenters. The van der Waals surface area contributed by atoms with E-state index in [1.165, 1.54) is 4.88 Å². The lowest BCUT2D eigenvalue weighted by Crippen LogP contribution is -2.49. The second-order valence-electron chi connectivity index (χ2n) is 6.93. The zero-order valence-corrected chi connectivity index (χ0v) is 15.9. The third-order valence-electron chi connectivity index (χ3n) is 5.38. The van der Waals surface area contributed by atoms with Crippen LogP contribution in [0.15, 0.2) is 17.5 Å². The molecule has 0 saturated carbocycles. The number of terminal acetylenes is 1. The Morgan fingerprint density at radius 2 is 2.38 bits per heavy atom. The minimum absolute atomic E-state index is 0.0331. The van der Waals surface area contributed by atoms with Crippen LogP contribution in [0.3, 0.4) is 0 Å². The van der Waals surface area contributed by atoms with Crippen LogP contribution in [-0.2, 0) is 16.1 Å². The molecule has 0 bridgehead atoms. The van der Waals surface area contributed by atoms with Crippen LogP contribution in [0.4, 0.5) is 0 Å². The fraction of sp³-hybridized carbons (Fsp3) is 0.579.